The number of likely N-dealkylation sites (N-methyl/N-ethyl adjacent to an activating group) is 1. The second-order valence-electron chi connectivity index (χ2n) is 8.02. The number of thioether (sulfide) groups is 1. The molecular formula is C23H23BrN2O2S. The summed E-state index contributed by atoms with van der Waals surface area (Å²) in [5.74, 6) is 1.10. The number of carbonyl (C=O) groups is 1. The quantitative estimate of drug-likeness (QED) is 0.581. The number of rotatable bonds is 1. The summed E-state index contributed by atoms with van der Waals surface area (Å²) in [6.45, 7) is 0. The maximum absolute atomic E-state index is 13.5. The highest BCUT2D eigenvalue weighted by Gasteiger charge is 2.55. The van der Waals surface area contributed by atoms with E-state index in [1.165, 1.54) is 22.9 Å². The number of amidine groups is 1. The largest absolute Gasteiger partial charge is 0.489 e. The van der Waals surface area contributed by atoms with Crippen molar-refractivity contribution < 1.29 is 9.53 Å². The molecule has 0 fully saturated rings. The van der Waals surface area contributed by atoms with E-state index in [1.807, 2.05) is 31.5 Å². The van der Waals surface area contributed by atoms with Crippen molar-refractivity contribution in [2.24, 2.45) is 4.99 Å². The van der Waals surface area contributed by atoms with Gasteiger partial charge in [-0.15, -0.1) is 0 Å². The van der Waals surface area contributed by atoms with Crippen LogP contribution in [0.1, 0.15) is 41.9 Å². The van der Waals surface area contributed by atoms with Gasteiger partial charge in [-0.25, -0.2) is 4.99 Å². The molecule has 4 nitrogen and oxygen atoms in total. The number of halogens is 1. The fourth-order valence-electron chi connectivity index (χ4n) is 5.08. The Morgan fingerprint density at radius 1 is 1.28 bits per heavy atom. The fourth-order valence-corrected chi connectivity index (χ4v) is 6.04. The molecule has 1 aliphatic carbocycles. The third-order valence-electron chi connectivity index (χ3n) is 6.44. The number of hydrogen-bond donors (Lipinski definition) is 0. The average molecular weight is 471 g/mol. The molecule has 0 saturated heterocycles. The van der Waals surface area contributed by atoms with Crippen molar-refractivity contribution in [1.82, 2.24) is 4.90 Å². The summed E-state index contributed by atoms with van der Waals surface area (Å²) in [7, 11) is 1.82. The van der Waals surface area contributed by atoms with E-state index >= 15 is 0 Å². The molecule has 0 bridgehead atoms. The molecular weight excluding hydrogens is 448 g/mol. The number of carbonyl (C=O) groups excluding carboxylic acids is 1. The summed E-state index contributed by atoms with van der Waals surface area (Å²) in [6, 6.07) is 14.6. The third-order valence-corrected chi connectivity index (χ3v) is 7.66. The number of amides is 1. The molecule has 1 amide bonds. The molecule has 150 valence electrons. The molecule has 2 aromatic carbocycles. The summed E-state index contributed by atoms with van der Waals surface area (Å²) in [6.07, 6.45) is 5.81. The van der Waals surface area contributed by atoms with Crippen LogP contribution in [0.4, 0.5) is 0 Å². The van der Waals surface area contributed by atoms with Crippen LogP contribution < -0.4 is 4.74 Å². The second-order valence-corrected chi connectivity index (χ2v) is 9.71. The Bertz CT molecular complexity index is 1020. The van der Waals surface area contributed by atoms with Gasteiger partial charge in [-0.1, -0.05) is 52.0 Å². The minimum atomic E-state index is -0.901. The van der Waals surface area contributed by atoms with Gasteiger partial charge < -0.3 is 4.74 Å². The first kappa shape index (κ1) is 19.2. The number of hydrogen-bond acceptors (Lipinski definition) is 4. The van der Waals surface area contributed by atoms with Crippen LogP contribution in [0.25, 0.3) is 0 Å². The van der Waals surface area contributed by atoms with E-state index in [1.54, 1.807) is 4.90 Å². The van der Waals surface area contributed by atoms with Crippen LogP contribution in [0.5, 0.6) is 5.75 Å². The van der Waals surface area contributed by atoms with Crippen LogP contribution in [0.15, 0.2) is 51.9 Å². The molecule has 2 aliphatic heterocycles. The first-order chi connectivity index (χ1) is 14.0. The predicted molar refractivity (Wildman–Crippen MR) is 121 cm³/mol. The molecule has 0 N–H and O–H groups in total. The summed E-state index contributed by atoms with van der Waals surface area (Å²) >= 11 is 5.09. The monoisotopic (exact) mass is 470 g/mol. The summed E-state index contributed by atoms with van der Waals surface area (Å²) in [4.78, 5) is 20.2. The van der Waals surface area contributed by atoms with Gasteiger partial charge in [0.1, 0.15) is 11.9 Å². The molecule has 3 atom stereocenters. The number of aryl methyl sites for hydroxylation is 1. The van der Waals surface area contributed by atoms with Crippen LogP contribution in [-0.2, 0) is 16.8 Å². The topological polar surface area (TPSA) is 41.9 Å². The van der Waals surface area contributed by atoms with Gasteiger partial charge in [-0.3, -0.25) is 9.69 Å². The first-order valence-electron chi connectivity index (χ1n) is 10.00. The van der Waals surface area contributed by atoms with Crippen molar-refractivity contribution in [1.29, 1.82) is 0 Å². The highest BCUT2D eigenvalue weighted by molar-refractivity contribution is 9.10. The van der Waals surface area contributed by atoms with Gasteiger partial charge in [-0.2, -0.15) is 0 Å². The van der Waals surface area contributed by atoms with Crippen molar-refractivity contribution in [3.05, 3.63) is 63.6 Å². The molecule has 1 spiro atoms. The third kappa shape index (κ3) is 2.95. The van der Waals surface area contributed by atoms with Gasteiger partial charge in [0, 0.05) is 29.4 Å². The van der Waals surface area contributed by atoms with Gasteiger partial charge in [0.05, 0.1) is 0 Å². The van der Waals surface area contributed by atoms with E-state index in [-0.39, 0.29) is 17.9 Å². The van der Waals surface area contributed by atoms with E-state index in [0.717, 1.165) is 40.2 Å². The highest BCUT2D eigenvalue weighted by atomic mass is 79.9. The number of nitrogens with zero attached hydrogens (tertiary/aromatic N) is 2. The van der Waals surface area contributed by atoms with Gasteiger partial charge in [0.25, 0.3) is 5.91 Å². The molecule has 0 radical (unpaired) electrons. The lowest BCUT2D eigenvalue weighted by molar-refractivity contribution is -0.132. The van der Waals surface area contributed by atoms with E-state index < -0.39 is 5.54 Å². The molecule has 5 rings (SSSR count). The van der Waals surface area contributed by atoms with E-state index in [2.05, 4.69) is 40.2 Å². The van der Waals surface area contributed by atoms with Crippen LogP contribution in [0.3, 0.4) is 0 Å². The number of benzene rings is 2. The Balaban J connectivity index is 1.63. The maximum Gasteiger partial charge on any atom is 0.261 e. The minimum Gasteiger partial charge on any atom is -0.489 e. The molecule has 0 aromatic heterocycles. The average Bonchev–Trinajstić information content (AvgIpc) is 2.99. The Morgan fingerprint density at radius 2 is 2.10 bits per heavy atom. The van der Waals surface area contributed by atoms with Crippen molar-refractivity contribution in [3.63, 3.8) is 0 Å². The van der Waals surface area contributed by atoms with E-state index in [0.29, 0.717) is 6.42 Å². The molecule has 6 heteroatoms. The Labute approximate surface area is 183 Å². The SMILES string of the molecule is CSC1=NC2(CC(C3CCCc4ccccc43)Oc3ccc(Br)cc32)C(=O)N1C. The highest BCUT2D eigenvalue weighted by Crippen LogP contribution is 2.51. The van der Waals surface area contributed by atoms with Gasteiger partial charge in [0.15, 0.2) is 10.7 Å². The second kappa shape index (κ2) is 7.17. The van der Waals surface area contributed by atoms with Crippen molar-refractivity contribution in [2.75, 3.05) is 13.3 Å². The molecule has 2 heterocycles. The van der Waals surface area contributed by atoms with Crippen molar-refractivity contribution in [3.8, 4) is 5.75 Å². The Kier molecular flexibility index (Phi) is 4.74. The molecule has 29 heavy (non-hydrogen) atoms. The zero-order chi connectivity index (χ0) is 20.2. The zero-order valence-electron chi connectivity index (χ0n) is 16.5. The lowest BCUT2D eigenvalue weighted by atomic mass is 9.73. The number of fused-ring (bicyclic) bond motifs is 3. The fraction of sp³-hybridized carbons (Fsp3) is 0.391. The normalized spacial score (nSPS) is 28.0. The number of aliphatic imine (C=N–C) groups is 1. The molecule has 2 aromatic rings. The van der Waals surface area contributed by atoms with E-state index in [4.69, 9.17) is 9.73 Å². The molecule has 0 saturated carbocycles. The van der Waals surface area contributed by atoms with E-state index in [9.17, 15) is 4.79 Å². The van der Waals surface area contributed by atoms with Crippen LogP contribution in [0.2, 0.25) is 0 Å². The van der Waals surface area contributed by atoms with Crippen molar-refractivity contribution in [2.45, 2.75) is 43.2 Å². The van der Waals surface area contributed by atoms with Crippen LogP contribution in [-0.4, -0.2) is 35.4 Å². The summed E-state index contributed by atoms with van der Waals surface area (Å²) < 4.78 is 7.49. The van der Waals surface area contributed by atoms with Crippen LogP contribution >= 0.6 is 27.7 Å². The zero-order valence-corrected chi connectivity index (χ0v) is 18.9. The molecule has 3 aliphatic rings. The predicted octanol–water partition coefficient (Wildman–Crippen LogP) is 5.11. The maximum atomic E-state index is 13.5. The van der Waals surface area contributed by atoms with Crippen LogP contribution in [0, 0.1) is 0 Å². The number of ether oxygens (including phenoxy) is 1. The summed E-state index contributed by atoms with van der Waals surface area (Å²) in [5, 5.41) is 0.769. The van der Waals surface area contributed by atoms with Crippen molar-refractivity contribution >= 4 is 38.8 Å². The lowest BCUT2D eigenvalue weighted by Gasteiger charge is -2.41. The smallest absolute Gasteiger partial charge is 0.261 e. The standard InChI is InChI=1S/C23H23BrN2O2S/c1-26-21(27)23(25-22(26)29-2)13-20(28-19-11-10-15(24)12-18(19)23)17-9-5-7-14-6-3-4-8-16(14)17/h3-4,6,8,10-12,17,20H,5,7,9,13H2,1-2H3. The first-order valence-corrected chi connectivity index (χ1v) is 12.0. The Hall–Kier alpha value is -1.79. The Morgan fingerprint density at radius 3 is 2.90 bits per heavy atom. The van der Waals surface area contributed by atoms with Gasteiger partial charge in [-0.05, 0) is 54.8 Å². The van der Waals surface area contributed by atoms with Gasteiger partial charge in [0.2, 0.25) is 0 Å². The molecule has 3 unspecified atom stereocenters. The minimum absolute atomic E-state index is 0.0404. The summed E-state index contributed by atoms with van der Waals surface area (Å²) in [5.41, 5.74) is 2.74. The lowest BCUT2D eigenvalue weighted by Crippen LogP contribution is -2.46. The van der Waals surface area contributed by atoms with Gasteiger partial charge >= 0.3 is 0 Å².